The molecule has 3 rings (SSSR count). The first-order valence-corrected chi connectivity index (χ1v) is 8.23. The first kappa shape index (κ1) is 15.6. The fourth-order valence-corrected chi connectivity index (χ4v) is 2.94. The van der Waals surface area contributed by atoms with Crippen LogP contribution in [0.15, 0.2) is 35.8 Å². The molecule has 0 radical (unpaired) electrons. The number of rotatable bonds is 6. The highest BCUT2D eigenvalue weighted by atomic mass is 32.1. The van der Waals surface area contributed by atoms with Crippen molar-refractivity contribution in [2.45, 2.75) is 12.5 Å². The number of aromatic nitrogens is 1. The number of carbonyl (C=O) groups excluding carboxylic acids is 1. The molecule has 0 bridgehead atoms. The summed E-state index contributed by atoms with van der Waals surface area (Å²) in [4.78, 5) is 18.1. The van der Waals surface area contributed by atoms with Gasteiger partial charge in [-0.15, -0.1) is 0 Å². The van der Waals surface area contributed by atoms with Gasteiger partial charge in [0.15, 0.2) is 6.61 Å². The molecule has 1 aliphatic rings. The summed E-state index contributed by atoms with van der Waals surface area (Å²) >= 11 is 1.46. The first-order chi connectivity index (χ1) is 11.2. The Kier molecular flexibility index (Phi) is 4.97. The van der Waals surface area contributed by atoms with Gasteiger partial charge in [-0.2, -0.15) is 0 Å². The second-order valence-electron chi connectivity index (χ2n) is 5.13. The van der Waals surface area contributed by atoms with E-state index in [0.717, 1.165) is 6.42 Å². The normalized spacial score (nSPS) is 17.1. The van der Waals surface area contributed by atoms with Crippen molar-refractivity contribution in [3.05, 3.63) is 35.8 Å². The van der Waals surface area contributed by atoms with Gasteiger partial charge in [-0.1, -0.05) is 17.4 Å². The molecular formula is C16H18N2O4S. The molecule has 0 saturated carbocycles. The zero-order chi connectivity index (χ0) is 16.1. The number of amides is 1. The number of carbonyl (C=O) groups is 1. The zero-order valence-corrected chi connectivity index (χ0v) is 13.6. The summed E-state index contributed by atoms with van der Waals surface area (Å²) in [6.45, 7) is 1.26. The summed E-state index contributed by atoms with van der Waals surface area (Å²) in [5.74, 6) is 1.28. The highest BCUT2D eigenvalue weighted by molar-refractivity contribution is 7.11. The van der Waals surface area contributed by atoms with Gasteiger partial charge >= 0.3 is 0 Å². The molecule has 1 atom stereocenters. The van der Waals surface area contributed by atoms with Crippen LogP contribution in [0.4, 0.5) is 0 Å². The molecule has 6 nitrogen and oxygen atoms in total. The van der Waals surface area contributed by atoms with E-state index in [0.29, 0.717) is 29.8 Å². The Bertz CT molecular complexity index is 647. The largest absolute Gasteiger partial charge is 0.497 e. The third-order valence-corrected chi connectivity index (χ3v) is 4.24. The average Bonchev–Trinajstić information content (AvgIpc) is 3.25. The minimum Gasteiger partial charge on any atom is -0.497 e. The molecule has 122 valence electrons. The van der Waals surface area contributed by atoms with Crippen molar-refractivity contribution in [1.29, 1.82) is 0 Å². The minimum absolute atomic E-state index is 0.00178. The van der Waals surface area contributed by atoms with Crippen molar-refractivity contribution in [2.75, 3.05) is 26.8 Å². The Morgan fingerprint density at radius 2 is 2.30 bits per heavy atom. The molecule has 23 heavy (non-hydrogen) atoms. The lowest BCUT2D eigenvalue weighted by molar-refractivity contribution is -0.132. The number of thiazole rings is 1. The fraction of sp³-hybridized carbons (Fsp3) is 0.375. The maximum absolute atomic E-state index is 12.2. The van der Waals surface area contributed by atoms with Crippen molar-refractivity contribution < 1.29 is 19.0 Å². The van der Waals surface area contributed by atoms with E-state index in [1.807, 2.05) is 17.5 Å². The first-order valence-electron chi connectivity index (χ1n) is 7.35. The summed E-state index contributed by atoms with van der Waals surface area (Å²) in [6, 6.07) is 7.21. The van der Waals surface area contributed by atoms with E-state index in [1.54, 1.807) is 30.3 Å². The Morgan fingerprint density at radius 3 is 3.09 bits per heavy atom. The van der Waals surface area contributed by atoms with Crippen LogP contribution in [0.1, 0.15) is 6.42 Å². The van der Waals surface area contributed by atoms with E-state index in [1.165, 1.54) is 11.3 Å². The highest BCUT2D eigenvalue weighted by Crippen LogP contribution is 2.21. The Hall–Kier alpha value is -2.28. The van der Waals surface area contributed by atoms with Crippen LogP contribution in [-0.2, 0) is 4.79 Å². The van der Waals surface area contributed by atoms with Gasteiger partial charge in [0.25, 0.3) is 11.1 Å². The second-order valence-corrected chi connectivity index (χ2v) is 5.99. The maximum atomic E-state index is 12.2. The van der Waals surface area contributed by atoms with Gasteiger partial charge < -0.3 is 19.1 Å². The van der Waals surface area contributed by atoms with E-state index >= 15 is 0 Å². The number of likely N-dealkylation sites (tertiary alicyclic amines) is 1. The Labute approximate surface area is 138 Å². The van der Waals surface area contributed by atoms with E-state index in [4.69, 9.17) is 14.2 Å². The number of ether oxygens (including phenoxy) is 3. The predicted molar refractivity (Wildman–Crippen MR) is 86.2 cm³/mol. The van der Waals surface area contributed by atoms with Crippen molar-refractivity contribution in [3.63, 3.8) is 0 Å². The molecule has 1 saturated heterocycles. The van der Waals surface area contributed by atoms with Gasteiger partial charge in [0.05, 0.1) is 13.7 Å². The molecule has 7 heteroatoms. The molecule has 0 spiro atoms. The zero-order valence-electron chi connectivity index (χ0n) is 12.8. The topological polar surface area (TPSA) is 60.9 Å². The molecule has 2 heterocycles. The van der Waals surface area contributed by atoms with Gasteiger partial charge in [0.2, 0.25) is 0 Å². The van der Waals surface area contributed by atoms with Gasteiger partial charge in [-0.3, -0.25) is 4.79 Å². The molecule has 1 amide bonds. The van der Waals surface area contributed by atoms with Crippen LogP contribution >= 0.6 is 11.3 Å². The number of hydrogen-bond donors (Lipinski definition) is 0. The summed E-state index contributed by atoms with van der Waals surface area (Å²) < 4.78 is 16.4. The number of methoxy groups -OCH3 is 1. The average molecular weight is 334 g/mol. The van der Waals surface area contributed by atoms with Crippen molar-refractivity contribution in [3.8, 4) is 16.7 Å². The fourth-order valence-electron chi connectivity index (χ4n) is 2.39. The third-order valence-electron chi connectivity index (χ3n) is 3.58. The molecule has 0 N–H and O–H groups in total. The second kappa shape index (κ2) is 7.32. The van der Waals surface area contributed by atoms with Crippen LogP contribution in [-0.4, -0.2) is 48.7 Å². The standard InChI is InChI=1S/C16H18N2O4S/c1-20-12-3-2-4-13(9-12)21-11-15(19)18-7-5-14(10-18)22-16-17-6-8-23-16/h2-4,6,8-9,14H,5,7,10-11H2,1H3. The van der Waals surface area contributed by atoms with Crippen molar-refractivity contribution in [2.24, 2.45) is 0 Å². The van der Waals surface area contributed by atoms with Crippen LogP contribution in [0.5, 0.6) is 16.7 Å². The number of benzene rings is 1. The SMILES string of the molecule is COc1cccc(OCC(=O)N2CCC(Oc3nccs3)C2)c1. The summed E-state index contributed by atoms with van der Waals surface area (Å²) in [5, 5.41) is 2.52. The van der Waals surface area contributed by atoms with Crippen LogP contribution in [0.25, 0.3) is 0 Å². The predicted octanol–water partition coefficient (Wildman–Crippen LogP) is 2.21. The van der Waals surface area contributed by atoms with Gasteiger partial charge in [-0.05, 0) is 12.1 Å². The summed E-state index contributed by atoms with van der Waals surface area (Å²) in [6.07, 6.45) is 2.52. The van der Waals surface area contributed by atoms with E-state index in [-0.39, 0.29) is 18.6 Å². The number of nitrogens with zero attached hydrogens (tertiary/aromatic N) is 2. The summed E-state index contributed by atoms with van der Waals surface area (Å²) in [7, 11) is 1.59. The van der Waals surface area contributed by atoms with E-state index in [9.17, 15) is 4.79 Å². The monoisotopic (exact) mass is 334 g/mol. The van der Waals surface area contributed by atoms with Gasteiger partial charge in [-0.25, -0.2) is 4.98 Å². The number of hydrogen-bond acceptors (Lipinski definition) is 6. The van der Waals surface area contributed by atoms with Gasteiger partial charge in [0, 0.05) is 30.6 Å². The van der Waals surface area contributed by atoms with Crippen molar-refractivity contribution >= 4 is 17.2 Å². The highest BCUT2D eigenvalue weighted by Gasteiger charge is 2.28. The Balaban J connectivity index is 1.47. The smallest absolute Gasteiger partial charge is 0.273 e. The molecule has 1 aliphatic heterocycles. The lowest BCUT2D eigenvalue weighted by Gasteiger charge is -2.17. The van der Waals surface area contributed by atoms with Gasteiger partial charge in [0.1, 0.15) is 17.6 Å². The molecular weight excluding hydrogens is 316 g/mol. The van der Waals surface area contributed by atoms with Crippen molar-refractivity contribution in [1.82, 2.24) is 9.88 Å². The summed E-state index contributed by atoms with van der Waals surface area (Å²) in [5.41, 5.74) is 0. The lowest BCUT2D eigenvalue weighted by Crippen LogP contribution is -2.34. The van der Waals surface area contributed by atoms with E-state index in [2.05, 4.69) is 4.98 Å². The molecule has 1 unspecified atom stereocenters. The van der Waals surface area contributed by atoms with Crippen LogP contribution in [0, 0.1) is 0 Å². The quantitative estimate of drug-likeness (QED) is 0.810. The molecule has 0 aliphatic carbocycles. The molecule has 1 aromatic carbocycles. The van der Waals surface area contributed by atoms with E-state index < -0.39 is 0 Å². The minimum atomic E-state index is -0.0435. The van der Waals surface area contributed by atoms with Crippen LogP contribution in [0.3, 0.4) is 0 Å². The molecule has 1 aromatic heterocycles. The third kappa shape index (κ3) is 4.13. The Morgan fingerprint density at radius 1 is 1.43 bits per heavy atom. The van der Waals surface area contributed by atoms with Crippen LogP contribution < -0.4 is 14.2 Å². The molecule has 2 aromatic rings. The van der Waals surface area contributed by atoms with Crippen LogP contribution in [0.2, 0.25) is 0 Å². The molecule has 1 fully saturated rings. The maximum Gasteiger partial charge on any atom is 0.273 e. The lowest BCUT2D eigenvalue weighted by atomic mass is 10.3.